The number of amides is 2. The number of benzene rings is 1. The van der Waals surface area contributed by atoms with Crippen molar-refractivity contribution >= 4 is 11.8 Å². The van der Waals surface area contributed by atoms with Gasteiger partial charge in [-0.3, -0.25) is 9.59 Å². The van der Waals surface area contributed by atoms with Crippen LogP contribution in [0.4, 0.5) is 17.6 Å². The molecule has 2 rings (SSSR count). The first-order valence-electron chi connectivity index (χ1n) is 7.12. The lowest BCUT2D eigenvalue weighted by atomic mass is 9.96. The lowest BCUT2D eigenvalue weighted by Crippen LogP contribution is -2.47. The Labute approximate surface area is 130 Å². The number of rotatable bonds is 4. The zero-order chi connectivity index (χ0) is 17.0. The molecule has 23 heavy (non-hydrogen) atoms. The van der Waals surface area contributed by atoms with Gasteiger partial charge in [0.15, 0.2) is 0 Å². The van der Waals surface area contributed by atoms with Crippen LogP contribution in [0, 0.1) is 11.7 Å². The fraction of sp³-hybridized carbons (Fsp3) is 0.467. The van der Waals surface area contributed by atoms with Crippen LogP contribution in [0.15, 0.2) is 24.3 Å². The summed E-state index contributed by atoms with van der Waals surface area (Å²) in [5.74, 6) is -2.17. The fourth-order valence-electron chi connectivity index (χ4n) is 2.45. The highest BCUT2D eigenvalue weighted by atomic mass is 19.4. The third kappa shape index (κ3) is 4.94. The molecule has 1 atom stereocenters. The van der Waals surface area contributed by atoms with Crippen LogP contribution in [0.2, 0.25) is 0 Å². The molecule has 0 aliphatic carbocycles. The van der Waals surface area contributed by atoms with Crippen LogP contribution in [0.3, 0.4) is 0 Å². The summed E-state index contributed by atoms with van der Waals surface area (Å²) in [6, 6.07) is 5.93. The Balaban J connectivity index is 1.97. The zero-order valence-corrected chi connectivity index (χ0v) is 12.2. The highest BCUT2D eigenvalue weighted by Crippen LogP contribution is 2.21. The number of hydrogen-bond donors (Lipinski definition) is 1. The second-order valence-corrected chi connectivity index (χ2v) is 5.43. The van der Waals surface area contributed by atoms with E-state index in [9.17, 15) is 27.2 Å². The van der Waals surface area contributed by atoms with Crippen LogP contribution >= 0.6 is 0 Å². The van der Waals surface area contributed by atoms with Crippen LogP contribution in [-0.4, -0.2) is 36.0 Å². The number of likely N-dealkylation sites (tertiary alicyclic amines) is 1. The van der Waals surface area contributed by atoms with Crippen molar-refractivity contribution in [1.82, 2.24) is 10.2 Å². The largest absolute Gasteiger partial charge is 0.405 e. The maximum Gasteiger partial charge on any atom is 0.405 e. The normalized spacial score (nSPS) is 18.9. The molecule has 2 amide bonds. The molecule has 0 saturated carbocycles. The summed E-state index contributed by atoms with van der Waals surface area (Å²) in [5.41, 5.74) is 0.303. The first kappa shape index (κ1) is 17.2. The molecule has 0 spiro atoms. The van der Waals surface area contributed by atoms with Crippen LogP contribution in [0.5, 0.6) is 0 Å². The minimum Gasteiger partial charge on any atom is -0.347 e. The zero-order valence-electron chi connectivity index (χ0n) is 12.2. The van der Waals surface area contributed by atoms with E-state index in [0.29, 0.717) is 5.56 Å². The number of nitrogens with one attached hydrogen (secondary N) is 1. The minimum atomic E-state index is -4.48. The van der Waals surface area contributed by atoms with Gasteiger partial charge < -0.3 is 10.2 Å². The average molecular weight is 332 g/mol. The smallest absolute Gasteiger partial charge is 0.347 e. The summed E-state index contributed by atoms with van der Waals surface area (Å²) in [6.45, 7) is -1.42. The van der Waals surface area contributed by atoms with Gasteiger partial charge in [0.2, 0.25) is 11.8 Å². The van der Waals surface area contributed by atoms with Gasteiger partial charge in [0.1, 0.15) is 12.4 Å². The number of carbonyl (C=O) groups excluding carboxylic acids is 2. The molecular formula is C15H16F4N2O2. The number of piperidine rings is 1. The highest BCUT2D eigenvalue weighted by molar-refractivity contribution is 5.83. The topological polar surface area (TPSA) is 49.4 Å². The van der Waals surface area contributed by atoms with Gasteiger partial charge in [-0.25, -0.2) is 4.39 Å². The van der Waals surface area contributed by atoms with E-state index in [1.165, 1.54) is 23.1 Å². The Kier molecular flexibility index (Phi) is 5.23. The molecule has 4 nitrogen and oxygen atoms in total. The van der Waals surface area contributed by atoms with Gasteiger partial charge >= 0.3 is 6.18 Å². The highest BCUT2D eigenvalue weighted by Gasteiger charge is 2.33. The van der Waals surface area contributed by atoms with Crippen molar-refractivity contribution in [1.29, 1.82) is 0 Å². The molecule has 1 heterocycles. The van der Waals surface area contributed by atoms with Crippen molar-refractivity contribution < 1.29 is 27.2 Å². The molecule has 0 aromatic heterocycles. The van der Waals surface area contributed by atoms with Crippen molar-refractivity contribution in [2.45, 2.75) is 25.6 Å². The number of alkyl halides is 3. The molecule has 1 saturated heterocycles. The predicted molar refractivity (Wildman–Crippen MR) is 73.6 cm³/mol. The van der Waals surface area contributed by atoms with E-state index in [1.54, 1.807) is 6.07 Å². The number of carbonyl (C=O) groups is 2. The Bertz CT molecular complexity index is 589. The Morgan fingerprint density at radius 1 is 1.30 bits per heavy atom. The predicted octanol–water partition coefficient (Wildman–Crippen LogP) is 2.24. The van der Waals surface area contributed by atoms with Crippen LogP contribution < -0.4 is 5.32 Å². The van der Waals surface area contributed by atoms with Gasteiger partial charge in [-0.2, -0.15) is 13.2 Å². The number of hydrogen-bond acceptors (Lipinski definition) is 2. The van der Waals surface area contributed by atoms with E-state index in [4.69, 9.17) is 0 Å². The number of halogens is 4. The molecule has 0 unspecified atom stereocenters. The molecule has 1 aliphatic rings. The molecule has 0 bridgehead atoms. The van der Waals surface area contributed by atoms with Gasteiger partial charge in [-0.05, 0) is 12.5 Å². The molecular weight excluding hydrogens is 316 g/mol. The molecule has 1 aromatic carbocycles. The fourth-order valence-corrected chi connectivity index (χ4v) is 2.45. The Morgan fingerprint density at radius 3 is 2.65 bits per heavy atom. The van der Waals surface area contributed by atoms with E-state index in [1.807, 2.05) is 5.32 Å². The number of nitrogens with zero attached hydrogens (tertiary/aromatic N) is 1. The summed E-state index contributed by atoms with van der Waals surface area (Å²) in [4.78, 5) is 25.0. The summed E-state index contributed by atoms with van der Waals surface area (Å²) in [7, 11) is 0. The third-order valence-electron chi connectivity index (χ3n) is 3.65. The second kappa shape index (κ2) is 6.97. The monoisotopic (exact) mass is 332 g/mol. The van der Waals surface area contributed by atoms with E-state index in [2.05, 4.69) is 0 Å². The van der Waals surface area contributed by atoms with Gasteiger partial charge in [0.25, 0.3) is 0 Å². The molecule has 1 N–H and O–H groups in total. The SMILES string of the molecule is O=C(NCC(F)(F)F)[C@@H]1CCC(=O)N(Cc2ccccc2F)C1. The first-order chi connectivity index (χ1) is 10.8. The van der Waals surface area contributed by atoms with E-state index < -0.39 is 30.4 Å². The third-order valence-corrected chi connectivity index (χ3v) is 3.65. The lowest BCUT2D eigenvalue weighted by molar-refractivity contribution is -0.145. The van der Waals surface area contributed by atoms with Gasteiger partial charge in [0.05, 0.1) is 5.92 Å². The van der Waals surface area contributed by atoms with Crippen molar-refractivity contribution in [2.24, 2.45) is 5.92 Å². The van der Waals surface area contributed by atoms with Crippen LogP contribution in [0.1, 0.15) is 18.4 Å². The maximum atomic E-state index is 13.6. The summed E-state index contributed by atoms with van der Waals surface area (Å²) in [5, 5.41) is 1.83. The van der Waals surface area contributed by atoms with Crippen LogP contribution in [-0.2, 0) is 16.1 Å². The average Bonchev–Trinajstić information content (AvgIpc) is 2.48. The summed E-state index contributed by atoms with van der Waals surface area (Å²) in [6.07, 6.45) is -4.23. The molecule has 0 radical (unpaired) electrons. The summed E-state index contributed by atoms with van der Waals surface area (Å²) < 4.78 is 50.0. The first-order valence-corrected chi connectivity index (χ1v) is 7.12. The molecule has 126 valence electrons. The summed E-state index contributed by atoms with van der Waals surface area (Å²) >= 11 is 0. The molecule has 1 fully saturated rings. The van der Waals surface area contributed by atoms with Crippen molar-refractivity contribution in [3.63, 3.8) is 0 Å². The standard InChI is InChI=1S/C15H16F4N2O2/c16-12-4-2-1-3-10(12)7-21-8-11(5-6-13(21)22)14(23)20-9-15(17,18)19/h1-4,11H,5-9H2,(H,20,23)/t11-/m1/s1. The van der Waals surface area contributed by atoms with Crippen LogP contribution in [0.25, 0.3) is 0 Å². The molecule has 8 heteroatoms. The Morgan fingerprint density at radius 2 is 2.00 bits per heavy atom. The van der Waals surface area contributed by atoms with Gasteiger partial charge in [0, 0.05) is 25.1 Å². The van der Waals surface area contributed by atoms with Crippen molar-refractivity contribution in [3.05, 3.63) is 35.6 Å². The molecule has 1 aromatic rings. The second-order valence-electron chi connectivity index (χ2n) is 5.43. The maximum absolute atomic E-state index is 13.6. The minimum absolute atomic E-state index is 0.00540. The lowest BCUT2D eigenvalue weighted by Gasteiger charge is -2.32. The Hall–Kier alpha value is -2.12. The van der Waals surface area contributed by atoms with Crippen molar-refractivity contribution in [3.8, 4) is 0 Å². The van der Waals surface area contributed by atoms with E-state index in [0.717, 1.165) is 0 Å². The van der Waals surface area contributed by atoms with E-state index >= 15 is 0 Å². The van der Waals surface area contributed by atoms with Gasteiger partial charge in [-0.1, -0.05) is 18.2 Å². The quantitative estimate of drug-likeness (QED) is 0.860. The molecule has 1 aliphatic heterocycles. The van der Waals surface area contributed by atoms with E-state index in [-0.39, 0.29) is 31.8 Å². The van der Waals surface area contributed by atoms with Crippen molar-refractivity contribution in [2.75, 3.05) is 13.1 Å². The van der Waals surface area contributed by atoms with Gasteiger partial charge in [-0.15, -0.1) is 0 Å².